The van der Waals surface area contributed by atoms with Gasteiger partial charge in [0.15, 0.2) is 0 Å². The van der Waals surface area contributed by atoms with Gasteiger partial charge < -0.3 is 20.9 Å². The maximum Gasteiger partial charge on any atom is 0.259 e. The fraction of sp³-hybridized carbons (Fsp3) is 0.111. The molecule has 88 valence electrons. The van der Waals surface area contributed by atoms with E-state index >= 15 is 0 Å². The van der Waals surface area contributed by atoms with Crippen LogP contribution in [0.3, 0.4) is 0 Å². The van der Waals surface area contributed by atoms with Crippen molar-refractivity contribution < 1.29 is 9.47 Å². The van der Waals surface area contributed by atoms with Gasteiger partial charge in [-0.25, -0.2) is 0 Å². The van der Waals surface area contributed by atoms with E-state index in [1.165, 1.54) is 0 Å². The van der Waals surface area contributed by atoms with Gasteiger partial charge in [-0.1, -0.05) is 18.2 Å². The van der Waals surface area contributed by atoms with Gasteiger partial charge >= 0.3 is 0 Å². The average molecular weight is 259 g/mol. The summed E-state index contributed by atoms with van der Waals surface area (Å²) < 4.78 is 9.25. The van der Waals surface area contributed by atoms with E-state index in [1.807, 2.05) is 18.2 Å². The maximum atomic E-state index is 5.13. The van der Waals surface area contributed by atoms with E-state index in [0.717, 1.165) is 0 Å². The molecular weight excluding hydrogens is 246 g/mol. The van der Waals surface area contributed by atoms with E-state index in [-0.39, 0.29) is 17.1 Å². The first-order valence-corrected chi connectivity index (χ1v) is 5.02. The SMILES string of the molecule is NC(=S)Oc1ccccc1.NCOC(N)=S. The van der Waals surface area contributed by atoms with Crippen molar-refractivity contribution in [3.05, 3.63) is 30.3 Å². The third-order valence-corrected chi connectivity index (χ3v) is 1.39. The molecule has 0 aliphatic heterocycles. The van der Waals surface area contributed by atoms with Crippen LogP contribution in [0.25, 0.3) is 0 Å². The normalized spacial score (nSPS) is 8.31. The van der Waals surface area contributed by atoms with Gasteiger partial charge in [-0.05, 0) is 36.6 Å². The summed E-state index contributed by atoms with van der Waals surface area (Å²) in [4.78, 5) is 0. The second-order valence-electron chi connectivity index (χ2n) is 2.36. The van der Waals surface area contributed by atoms with E-state index in [0.29, 0.717) is 5.75 Å². The zero-order valence-electron chi connectivity index (χ0n) is 8.46. The smallest absolute Gasteiger partial charge is 0.259 e. The number of thiocarbonyl (C=S) groups is 2. The van der Waals surface area contributed by atoms with Crippen LogP contribution in [0.1, 0.15) is 0 Å². The van der Waals surface area contributed by atoms with Gasteiger partial charge in [0.05, 0.1) is 0 Å². The second-order valence-corrected chi connectivity index (χ2v) is 3.17. The first-order chi connectivity index (χ1) is 7.56. The number of hydrogen-bond donors (Lipinski definition) is 3. The zero-order chi connectivity index (χ0) is 12.4. The molecule has 0 radical (unpaired) electrons. The molecule has 0 spiro atoms. The lowest BCUT2D eigenvalue weighted by Crippen LogP contribution is -2.17. The van der Waals surface area contributed by atoms with E-state index in [2.05, 4.69) is 29.2 Å². The quantitative estimate of drug-likeness (QED) is 0.525. The van der Waals surface area contributed by atoms with E-state index in [4.69, 9.17) is 21.9 Å². The molecule has 1 aromatic rings. The predicted octanol–water partition coefficient (Wildman–Crippen LogP) is 0.472. The zero-order valence-corrected chi connectivity index (χ0v) is 10.1. The summed E-state index contributed by atoms with van der Waals surface area (Å²) in [6.07, 6.45) is 0. The van der Waals surface area contributed by atoms with Gasteiger partial charge in [-0.3, -0.25) is 5.73 Å². The summed E-state index contributed by atoms with van der Waals surface area (Å²) >= 11 is 8.80. The van der Waals surface area contributed by atoms with Crippen molar-refractivity contribution in [2.45, 2.75) is 0 Å². The van der Waals surface area contributed by atoms with Crippen LogP contribution in [0.5, 0.6) is 5.75 Å². The minimum absolute atomic E-state index is 0.00231. The Hall–Kier alpha value is -1.44. The first kappa shape index (κ1) is 14.6. The molecule has 0 aromatic heterocycles. The van der Waals surface area contributed by atoms with Crippen molar-refractivity contribution in [1.82, 2.24) is 0 Å². The molecule has 7 heteroatoms. The van der Waals surface area contributed by atoms with Gasteiger partial charge in [0.2, 0.25) is 0 Å². The van der Waals surface area contributed by atoms with Crippen LogP contribution >= 0.6 is 24.4 Å². The molecule has 0 atom stereocenters. The molecule has 16 heavy (non-hydrogen) atoms. The summed E-state index contributed by atoms with van der Waals surface area (Å²) in [5, 5.41) is 0.0451. The maximum absolute atomic E-state index is 5.13. The van der Waals surface area contributed by atoms with Crippen LogP contribution in [0, 0.1) is 0 Å². The number of rotatable bonds is 2. The lowest BCUT2D eigenvalue weighted by atomic mass is 10.3. The minimum atomic E-state index is -0.00231. The molecular formula is C9H13N3O2S2. The molecule has 0 amide bonds. The standard InChI is InChI=1S/C7H7NOS.C2H6N2OS/c8-7(10)9-6-4-2-1-3-5-6;3-1-5-2(4)6/h1-5H,(H2,8,10);1,3H2,(H2,4,6). The highest BCUT2D eigenvalue weighted by atomic mass is 32.1. The Labute approximate surface area is 104 Å². The molecule has 0 saturated carbocycles. The number of ether oxygens (including phenoxy) is 2. The van der Waals surface area contributed by atoms with Crippen LogP contribution in [0.2, 0.25) is 0 Å². The highest BCUT2D eigenvalue weighted by Crippen LogP contribution is 2.07. The van der Waals surface area contributed by atoms with Gasteiger partial charge in [0.1, 0.15) is 12.5 Å². The average Bonchev–Trinajstić information content (AvgIpc) is 2.18. The Morgan fingerprint density at radius 1 is 1.06 bits per heavy atom. The molecule has 0 bridgehead atoms. The number of benzene rings is 1. The molecule has 0 aliphatic rings. The monoisotopic (exact) mass is 259 g/mol. The van der Waals surface area contributed by atoms with Crippen molar-refractivity contribution in [2.75, 3.05) is 6.73 Å². The Morgan fingerprint density at radius 2 is 1.62 bits per heavy atom. The van der Waals surface area contributed by atoms with Gasteiger partial charge in [0, 0.05) is 0 Å². The predicted molar refractivity (Wildman–Crippen MR) is 70.8 cm³/mol. The molecule has 5 nitrogen and oxygen atoms in total. The Bertz CT molecular complexity index is 333. The van der Waals surface area contributed by atoms with Crippen molar-refractivity contribution in [3.63, 3.8) is 0 Å². The van der Waals surface area contributed by atoms with Crippen molar-refractivity contribution in [1.29, 1.82) is 0 Å². The molecule has 0 heterocycles. The summed E-state index contributed by atoms with van der Waals surface area (Å²) in [6.45, 7) is 0.0648. The van der Waals surface area contributed by atoms with Gasteiger partial charge in [-0.15, -0.1) is 0 Å². The Kier molecular flexibility index (Phi) is 8.04. The fourth-order valence-corrected chi connectivity index (χ4v) is 0.851. The first-order valence-electron chi connectivity index (χ1n) is 4.21. The van der Waals surface area contributed by atoms with Crippen LogP contribution in [0.4, 0.5) is 0 Å². The summed E-state index contributed by atoms with van der Waals surface area (Å²) in [6, 6.07) is 9.19. The largest absolute Gasteiger partial charge is 0.455 e. The molecule has 0 saturated heterocycles. The van der Waals surface area contributed by atoms with E-state index in [1.54, 1.807) is 12.1 Å². The molecule has 6 N–H and O–H groups in total. The van der Waals surface area contributed by atoms with Crippen molar-refractivity contribution >= 4 is 34.8 Å². The number of para-hydroxylation sites is 1. The van der Waals surface area contributed by atoms with Gasteiger partial charge in [0.25, 0.3) is 10.3 Å². The summed E-state index contributed by atoms with van der Waals surface area (Å²) in [5.41, 5.74) is 14.8. The molecule has 0 unspecified atom stereocenters. The lowest BCUT2D eigenvalue weighted by Gasteiger charge is -1.99. The van der Waals surface area contributed by atoms with Crippen LogP contribution in [-0.2, 0) is 4.74 Å². The second kappa shape index (κ2) is 8.84. The Morgan fingerprint density at radius 3 is 1.94 bits per heavy atom. The highest BCUT2D eigenvalue weighted by molar-refractivity contribution is 7.80. The summed E-state index contributed by atoms with van der Waals surface area (Å²) in [5.74, 6) is 0.676. The van der Waals surface area contributed by atoms with Crippen molar-refractivity contribution in [2.24, 2.45) is 17.2 Å². The number of hydrogen-bond acceptors (Lipinski definition) is 5. The number of nitrogens with two attached hydrogens (primary N) is 3. The van der Waals surface area contributed by atoms with Gasteiger partial charge in [-0.2, -0.15) is 0 Å². The van der Waals surface area contributed by atoms with Crippen LogP contribution in [0.15, 0.2) is 30.3 Å². The summed E-state index contributed by atoms with van der Waals surface area (Å²) in [7, 11) is 0. The lowest BCUT2D eigenvalue weighted by molar-refractivity contribution is 0.321. The molecule has 1 rings (SSSR count). The van der Waals surface area contributed by atoms with E-state index < -0.39 is 0 Å². The molecule has 0 aliphatic carbocycles. The van der Waals surface area contributed by atoms with Crippen molar-refractivity contribution in [3.8, 4) is 5.75 Å². The van der Waals surface area contributed by atoms with Crippen LogP contribution in [-0.4, -0.2) is 17.1 Å². The Balaban J connectivity index is 0.000000325. The fourth-order valence-electron chi connectivity index (χ4n) is 0.687. The topological polar surface area (TPSA) is 96.5 Å². The highest BCUT2D eigenvalue weighted by Gasteiger charge is 1.90. The van der Waals surface area contributed by atoms with E-state index in [9.17, 15) is 0 Å². The molecule has 0 fully saturated rings. The third kappa shape index (κ3) is 9.13. The third-order valence-electron chi connectivity index (χ3n) is 1.19. The van der Waals surface area contributed by atoms with Crippen LogP contribution < -0.4 is 21.9 Å². The molecule has 1 aromatic carbocycles. The minimum Gasteiger partial charge on any atom is -0.455 e.